The van der Waals surface area contributed by atoms with Crippen LogP contribution in [0.5, 0.6) is 5.75 Å². The van der Waals surface area contributed by atoms with Crippen LogP contribution in [0, 0.1) is 0 Å². The van der Waals surface area contributed by atoms with Gasteiger partial charge in [-0.1, -0.05) is 18.2 Å². The zero-order valence-electron chi connectivity index (χ0n) is 15.8. The summed E-state index contributed by atoms with van der Waals surface area (Å²) >= 11 is 0. The van der Waals surface area contributed by atoms with Gasteiger partial charge in [-0.25, -0.2) is 4.79 Å². The first-order chi connectivity index (χ1) is 13.9. The van der Waals surface area contributed by atoms with E-state index >= 15 is 0 Å². The average Bonchev–Trinajstić information content (AvgIpc) is 2.66. The van der Waals surface area contributed by atoms with Crippen LogP contribution in [-0.2, 0) is 14.9 Å². The van der Waals surface area contributed by atoms with Crippen molar-refractivity contribution in [2.45, 2.75) is 6.18 Å². The molecular formula is C18H19F3N2O6S. The lowest BCUT2D eigenvalue weighted by atomic mass is 10.0. The van der Waals surface area contributed by atoms with E-state index in [9.17, 15) is 26.4 Å². The molecule has 0 aliphatic carbocycles. The van der Waals surface area contributed by atoms with Gasteiger partial charge in [-0.2, -0.15) is 21.6 Å². The minimum atomic E-state index is -5.08. The van der Waals surface area contributed by atoms with Crippen LogP contribution in [0.25, 0.3) is 10.8 Å². The third-order valence-electron chi connectivity index (χ3n) is 3.98. The Balaban J connectivity index is 0.000000396. The highest BCUT2D eigenvalue weighted by atomic mass is 32.2. The van der Waals surface area contributed by atoms with Crippen LogP contribution >= 0.6 is 0 Å². The number of nitrogens with zero attached hydrogens (tertiary/aromatic N) is 1. The van der Waals surface area contributed by atoms with Crippen LogP contribution in [0.1, 0.15) is 10.4 Å². The summed E-state index contributed by atoms with van der Waals surface area (Å²) in [7, 11) is -3.60. The number of carboxylic acids is 1. The van der Waals surface area contributed by atoms with Crippen LogP contribution in [-0.4, -0.2) is 68.9 Å². The molecular weight excluding hydrogens is 429 g/mol. The van der Waals surface area contributed by atoms with E-state index in [0.717, 1.165) is 24.7 Å². The number of piperazine rings is 1. The van der Waals surface area contributed by atoms with Gasteiger partial charge in [0.25, 0.3) is 5.91 Å². The van der Waals surface area contributed by atoms with Crippen LogP contribution in [0.4, 0.5) is 13.2 Å². The molecule has 0 saturated carbocycles. The Bertz CT molecular complexity index is 1030. The average molecular weight is 448 g/mol. The molecule has 1 amide bonds. The molecule has 30 heavy (non-hydrogen) atoms. The lowest BCUT2D eigenvalue weighted by Gasteiger charge is -2.27. The summed E-state index contributed by atoms with van der Waals surface area (Å²) in [5.74, 6) is -2.60. The lowest BCUT2D eigenvalue weighted by molar-refractivity contribution is -0.192. The van der Waals surface area contributed by atoms with E-state index in [1.165, 1.54) is 0 Å². The number of fused-ring (bicyclic) bond motifs is 1. The third-order valence-corrected chi connectivity index (χ3v) is 4.47. The number of amides is 1. The Morgan fingerprint density at radius 2 is 1.73 bits per heavy atom. The number of benzene rings is 2. The van der Waals surface area contributed by atoms with Crippen molar-refractivity contribution in [3.8, 4) is 5.75 Å². The second-order valence-corrected chi connectivity index (χ2v) is 7.90. The maximum absolute atomic E-state index is 12.7. The summed E-state index contributed by atoms with van der Waals surface area (Å²) in [6.45, 7) is 2.88. The smallest absolute Gasteiger partial charge is 0.475 e. The van der Waals surface area contributed by atoms with E-state index in [2.05, 4.69) is 5.32 Å². The molecule has 0 unspecified atom stereocenters. The number of nitrogens with one attached hydrogen (secondary N) is 1. The van der Waals surface area contributed by atoms with E-state index in [0.29, 0.717) is 24.0 Å². The van der Waals surface area contributed by atoms with Gasteiger partial charge in [-0.15, -0.1) is 0 Å². The summed E-state index contributed by atoms with van der Waals surface area (Å²) < 4.78 is 59.3. The van der Waals surface area contributed by atoms with Gasteiger partial charge in [0.1, 0.15) is 5.75 Å². The molecule has 0 radical (unpaired) electrons. The summed E-state index contributed by atoms with van der Waals surface area (Å²) in [4.78, 5) is 23.4. The minimum Gasteiger partial charge on any atom is -0.475 e. The molecule has 1 aliphatic heterocycles. The number of rotatable bonds is 3. The number of carbonyl (C=O) groups is 2. The Hall–Kier alpha value is -2.86. The fraction of sp³-hybridized carbons (Fsp3) is 0.333. The highest BCUT2D eigenvalue weighted by Crippen LogP contribution is 2.26. The molecule has 164 valence electrons. The number of halogens is 3. The van der Waals surface area contributed by atoms with Gasteiger partial charge in [0.2, 0.25) is 0 Å². The fourth-order valence-electron chi connectivity index (χ4n) is 2.70. The lowest BCUT2D eigenvalue weighted by Crippen LogP contribution is -2.46. The van der Waals surface area contributed by atoms with Crippen molar-refractivity contribution < 1.29 is 40.5 Å². The largest absolute Gasteiger partial charge is 0.490 e. The third kappa shape index (κ3) is 6.59. The Morgan fingerprint density at radius 1 is 1.13 bits per heavy atom. The number of aliphatic carboxylic acids is 1. The van der Waals surface area contributed by atoms with Crippen molar-refractivity contribution >= 4 is 32.8 Å². The van der Waals surface area contributed by atoms with Gasteiger partial charge in [-0.3, -0.25) is 4.79 Å². The Morgan fingerprint density at radius 3 is 2.27 bits per heavy atom. The normalized spacial score (nSPS) is 14.6. The van der Waals surface area contributed by atoms with E-state index in [1.54, 1.807) is 29.2 Å². The summed E-state index contributed by atoms with van der Waals surface area (Å²) in [6.07, 6.45) is -4.09. The second-order valence-electron chi connectivity index (χ2n) is 6.32. The zero-order chi connectivity index (χ0) is 22.5. The zero-order valence-corrected chi connectivity index (χ0v) is 16.6. The first-order valence-electron chi connectivity index (χ1n) is 8.61. The fourth-order valence-corrected chi connectivity index (χ4v) is 3.16. The topological polar surface area (TPSA) is 113 Å². The SMILES string of the molecule is CS(=O)(=O)Oc1ccc2cccc(C(=O)N3CCNCC3)c2c1.O=C(O)C(F)(F)F. The van der Waals surface area contributed by atoms with Gasteiger partial charge >= 0.3 is 22.3 Å². The predicted molar refractivity (Wildman–Crippen MR) is 102 cm³/mol. The van der Waals surface area contributed by atoms with Crippen molar-refractivity contribution in [2.75, 3.05) is 32.4 Å². The summed E-state index contributed by atoms with van der Waals surface area (Å²) in [6, 6.07) is 10.4. The van der Waals surface area contributed by atoms with Crippen LogP contribution < -0.4 is 9.50 Å². The van der Waals surface area contributed by atoms with Gasteiger partial charge in [-0.05, 0) is 29.0 Å². The molecule has 1 heterocycles. The molecule has 0 atom stereocenters. The van der Waals surface area contributed by atoms with Crippen LogP contribution in [0.2, 0.25) is 0 Å². The maximum atomic E-state index is 12.7. The maximum Gasteiger partial charge on any atom is 0.490 e. The van der Waals surface area contributed by atoms with Crippen molar-refractivity contribution in [2.24, 2.45) is 0 Å². The molecule has 8 nitrogen and oxygen atoms in total. The quantitative estimate of drug-likeness (QED) is 0.689. The summed E-state index contributed by atoms with van der Waals surface area (Å²) in [5.41, 5.74) is 0.559. The molecule has 0 aromatic heterocycles. The van der Waals surface area contributed by atoms with E-state index in [-0.39, 0.29) is 11.7 Å². The molecule has 2 aromatic carbocycles. The Kier molecular flexibility index (Phi) is 7.26. The first-order valence-corrected chi connectivity index (χ1v) is 10.4. The highest BCUT2D eigenvalue weighted by Gasteiger charge is 2.38. The number of carbonyl (C=O) groups excluding carboxylic acids is 1. The van der Waals surface area contributed by atoms with Gasteiger partial charge in [0, 0.05) is 31.7 Å². The summed E-state index contributed by atoms with van der Waals surface area (Å²) in [5, 5.41) is 11.9. The standard InChI is InChI=1S/C16H18N2O4S.C2HF3O2/c1-23(20,21)22-13-6-5-12-3-2-4-14(15(12)11-13)16(19)18-9-7-17-8-10-18;3-2(4,5)1(6)7/h2-6,11,17H,7-10H2,1H3;(H,6,7). The number of carboxylic acid groups (broad SMARTS) is 1. The van der Waals surface area contributed by atoms with Gasteiger partial charge in [0.15, 0.2) is 0 Å². The van der Waals surface area contributed by atoms with Crippen molar-refractivity contribution in [3.63, 3.8) is 0 Å². The monoisotopic (exact) mass is 448 g/mol. The highest BCUT2D eigenvalue weighted by molar-refractivity contribution is 7.86. The molecule has 1 fully saturated rings. The molecule has 12 heteroatoms. The molecule has 0 bridgehead atoms. The molecule has 1 saturated heterocycles. The number of hydrogen-bond donors (Lipinski definition) is 2. The Labute approximate surface area is 170 Å². The van der Waals surface area contributed by atoms with Crippen LogP contribution in [0.3, 0.4) is 0 Å². The second kappa shape index (κ2) is 9.30. The number of alkyl halides is 3. The van der Waals surface area contributed by atoms with Crippen molar-refractivity contribution in [1.82, 2.24) is 10.2 Å². The van der Waals surface area contributed by atoms with E-state index in [1.807, 2.05) is 12.1 Å². The molecule has 2 aromatic rings. The van der Waals surface area contributed by atoms with Gasteiger partial charge in [0.05, 0.1) is 6.26 Å². The van der Waals surface area contributed by atoms with E-state index in [4.69, 9.17) is 14.1 Å². The van der Waals surface area contributed by atoms with Crippen molar-refractivity contribution in [1.29, 1.82) is 0 Å². The van der Waals surface area contributed by atoms with Crippen molar-refractivity contribution in [3.05, 3.63) is 42.0 Å². The van der Waals surface area contributed by atoms with Crippen LogP contribution in [0.15, 0.2) is 36.4 Å². The predicted octanol–water partition coefficient (Wildman–Crippen LogP) is 1.86. The molecule has 1 aliphatic rings. The molecule has 0 spiro atoms. The van der Waals surface area contributed by atoms with E-state index < -0.39 is 22.3 Å². The first kappa shape index (κ1) is 23.4. The molecule has 2 N–H and O–H groups in total. The number of hydrogen-bond acceptors (Lipinski definition) is 6. The van der Waals surface area contributed by atoms with Gasteiger partial charge < -0.3 is 19.5 Å². The minimum absolute atomic E-state index is 0.0476. The molecule has 3 rings (SSSR count).